The third kappa shape index (κ3) is 4.70. The second kappa shape index (κ2) is 12.9. The van der Waals surface area contributed by atoms with E-state index >= 15 is 0 Å². The van der Waals surface area contributed by atoms with Crippen molar-refractivity contribution in [3.8, 4) is 39.1 Å². The first-order chi connectivity index (χ1) is 30.7. The summed E-state index contributed by atoms with van der Waals surface area (Å²) in [5.41, 5.74) is 16.1. The van der Waals surface area contributed by atoms with E-state index in [1.165, 1.54) is 118 Å². The van der Waals surface area contributed by atoms with Crippen LogP contribution in [0.1, 0.15) is 22.3 Å². The number of benzene rings is 10. The maximum Gasteiger partial charge on any atom is 0.0735 e. The van der Waals surface area contributed by atoms with Crippen LogP contribution in [0, 0.1) is 0 Å². The molecule has 2 aromatic heterocycles. The Kier molecular flexibility index (Phi) is 7.20. The van der Waals surface area contributed by atoms with Crippen molar-refractivity contribution < 1.29 is 0 Å². The van der Waals surface area contributed by atoms with Gasteiger partial charge >= 0.3 is 0 Å². The van der Waals surface area contributed by atoms with Crippen LogP contribution >= 0.6 is 23.1 Å². The maximum absolute atomic E-state index is 2.50. The normalized spacial score (nSPS) is 13.5. The van der Waals surface area contributed by atoms with E-state index in [9.17, 15) is 0 Å². The Hall–Kier alpha value is -7.17. The number of hydrogen-bond donors (Lipinski definition) is 0. The van der Waals surface area contributed by atoms with Crippen LogP contribution in [0.4, 0.5) is 0 Å². The molecule has 0 saturated carbocycles. The topological polar surface area (TPSA) is 4.93 Å². The number of nitrogens with zero attached hydrogens (tertiary/aromatic N) is 1. The number of rotatable bonds is 3. The minimum atomic E-state index is -0.410. The van der Waals surface area contributed by atoms with Crippen LogP contribution in [0.3, 0.4) is 0 Å². The zero-order chi connectivity index (χ0) is 40.5. The predicted octanol–water partition coefficient (Wildman–Crippen LogP) is 16.5. The summed E-state index contributed by atoms with van der Waals surface area (Å²) in [6.07, 6.45) is 0. The Bertz CT molecular complexity index is 3800. The molecule has 1 aliphatic heterocycles. The van der Waals surface area contributed by atoms with Crippen molar-refractivity contribution in [3.05, 3.63) is 235 Å². The molecule has 1 aliphatic carbocycles. The van der Waals surface area contributed by atoms with Crippen LogP contribution < -0.4 is 0 Å². The van der Waals surface area contributed by atoms with Crippen molar-refractivity contribution in [1.29, 1.82) is 0 Å². The van der Waals surface area contributed by atoms with E-state index in [1.807, 2.05) is 23.1 Å². The fraction of sp³-hybridized carbons (Fsp3) is 0.0169. The van der Waals surface area contributed by atoms with E-state index in [2.05, 4.69) is 217 Å². The summed E-state index contributed by atoms with van der Waals surface area (Å²) in [5.74, 6) is 0. The van der Waals surface area contributed by atoms with Crippen LogP contribution in [0.5, 0.6) is 0 Å². The minimum Gasteiger partial charge on any atom is -0.309 e. The molecule has 12 aromatic rings. The summed E-state index contributed by atoms with van der Waals surface area (Å²) in [4.78, 5) is 2.65. The fourth-order valence-corrected chi connectivity index (χ4v) is 13.4. The van der Waals surface area contributed by atoms with Gasteiger partial charge in [0, 0.05) is 46.4 Å². The standard InChI is InChI=1S/C59H35NS2/c1-2-13-41(14-3-1)60-53-31-26-37(40-25-29-46-47-30-22-36-12-4-5-15-42(36)58(47)62-57(46)35-40)32-48(53)45-28-24-39(34-54(45)60)38-23-27-44-43-16-6-7-17-49(43)59(52(44)33-38)50-18-8-10-20-55(50)61-56-21-11-9-19-51(56)59/h1-35H. The number of aromatic nitrogens is 1. The van der Waals surface area contributed by atoms with Gasteiger partial charge in [0.15, 0.2) is 0 Å². The van der Waals surface area contributed by atoms with Gasteiger partial charge < -0.3 is 4.57 Å². The fourth-order valence-electron chi connectivity index (χ4n) is 11.0. The van der Waals surface area contributed by atoms with Gasteiger partial charge in [0.25, 0.3) is 0 Å². The van der Waals surface area contributed by atoms with Crippen molar-refractivity contribution in [2.45, 2.75) is 15.2 Å². The van der Waals surface area contributed by atoms with Gasteiger partial charge in [0.1, 0.15) is 0 Å². The zero-order valence-corrected chi connectivity index (χ0v) is 35.1. The minimum absolute atomic E-state index is 0.410. The number of para-hydroxylation sites is 1. The first kappa shape index (κ1) is 34.5. The molecule has 0 N–H and O–H groups in total. The Morgan fingerprint density at radius 3 is 1.81 bits per heavy atom. The Balaban J connectivity index is 0.955. The van der Waals surface area contributed by atoms with E-state index < -0.39 is 5.41 Å². The van der Waals surface area contributed by atoms with Gasteiger partial charge in [0.2, 0.25) is 0 Å². The van der Waals surface area contributed by atoms with Crippen LogP contribution in [0.2, 0.25) is 0 Å². The highest BCUT2D eigenvalue weighted by atomic mass is 32.2. The SMILES string of the molecule is c1ccc(-n2c3ccc(-c4ccc5c(c4)sc4c6ccccc6ccc54)cc3c3ccc(-c4ccc5c(c4)C4(c6ccccc6Sc6ccccc64)c4ccccc4-5)cc32)cc1. The Labute approximate surface area is 367 Å². The van der Waals surface area contributed by atoms with Gasteiger partial charge in [-0.3, -0.25) is 0 Å². The molecule has 0 bridgehead atoms. The highest BCUT2D eigenvalue weighted by Crippen LogP contribution is 2.62. The Morgan fingerprint density at radius 1 is 0.355 bits per heavy atom. The lowest BCUT2D eigenvalue weighted by Crippen LogP contribution is -2.31. The van der Waals surface area contributed by atoms with E-state index in [0.29, 0.717) is 0 Å². The van der Waals surface area contributed by atoms with Crippen molar-refractivity contribution in [1.82, 2.24) is 4.57 Å². The largest absolute Gasteiger partial charge is 0.309 e. The van der Waals surface area contributed by atoms with Crippen LogP contribution in [-0.4, -0.2) is 4.57 Å². The van der Waals surface area contributed by atoms with Crippen LogP contribution in [0.15, 0.2) is 222 Å². The van der Waals surface area contributed by atoms with Crippen molar-refractivity contribution in [2.75, 3.05) is 0 Å². The second-order valence-corrected chi connectivity index (χ2v) is 18.9. The monoisotopic (exact) mass is 821 g/mol. The smallest absolute Gasteiger partial charge is 0.0735 e. The third-order valence-corrected chi connectivity index (χ3v) is 16.0. The molecular formula is C59H35NS2. The molecule has 0 saturated heterocycles. The molecule has 0 atom stereocenters. The molecule has 2 aliphatic rings. The molecule has 288 valence electrons. The lowest BCUT2D eigenvalue weighted by Gasteiger charge is -2.39. The molecule has 3 heterocycles. The number of hydrogen-bond acceptors (Lipinski definition) is 2. The molecule has 3 heteroatoms. The summed E-state index contributed by atoms with van der Waals surface area (Å²) < 4.78 is 5.14. The number of fused-ring (bicyclic) bond motifs is 17. The highest BCUT2D eigenvalue weighted by Gasteiger charge is 2.50. The highest BCUT2D eigenvalue weighted by molar-refractivity contribution is 7.99. The molecule has 0 fully saturated rings. The molecular weight excluding hydrogens is 787 g/mol. The summed E-state index contributed by atoms with van der Waals surface area (Å²) in [7, 11) is 0. The van der Waals surface area contributed by atoms with Gasteiger partial charge in [-0.25, -0.2) is 0 Å². The first-order valence-corrected chi connectivity index (χ1v) is 23.0. The van der Waals surface area contributed by atoms with Gasteiger partial charge in [-0.1, -0.05) is 169 Å². The van der Waals surface area contributed by atoms with Gasteiger partial charge in [-0.05, 0) is 121 Å². The van der Waals surface area contributed by atoms with E-state index in [1.54, 1.807) is 0 Å². The lowest BCUT2D eigenvalue weighted by molar-refractivity contribution is 0.722. The van der Waals surface area contributed by atoms with Crippen LogP contribution in [-0.2, 0) is 5.41 Å². The van der Waals surface area contributed by atoms with Gasteiger partial charge in [-0.2, -0.15) is 0 Å². The predicted molar refractivity (Wildman–Crippen MR) is 263 cm³/mol. The molecule has 0 amide bonds. The molecule has 0 radical (unpaired) electrons. The lowest BCUT2D eigenvalue weighted by atomic mass is 9.67. The third-order valence-electron chi connectivity index (χ3n) is 13.7. The molecule has 1 nitrogen and oxygen atoms in total. The van der Waals surface area contributed by atoms with Crippen molar-refractivity contribution in [3.63, 3.8) is 0 Å². The molecule has 1 spiro atoms. The van der Waals surface area contributed by atoms with Crippen molar-refractivity contribution >= 4 is 75.8 Å². The summed E-state index contributed by atoms with van der Waals surface area (Å²) in [6.45, 7) is 0. The first-order valence-electron chi connectivity index (χ1n) is 21.3. The van der Waals surface area contributed by atoms with Crippen LogP contribution in [0.25, 0.3) is 91.8 Å². The quantitative estimate of drug-likeness (QED) is 0.172. The van der Waals surface area contributed by atoms with Gasteiger partial charge in [0.05, 0.1) is 16.4 Å². The van der Waals surface area contributed by atoms with E-state index in [0.717, 1.165) is 5.69 Å². The van der Waals surface area contributed by atoms with Crippen molar-refractivity contribution in [2.24, 2.45) is 0 Å². The molecule has 62 heavy (non-hydrogen) atoms. The van der Waals surface area contributed by atoms with E-state index in [-0.39, 0.29) is 0 Å². The summed E-state index contributed by atoms with van der Waals surface area (Å²) >= 11 is 3.80. The summed E-state index contributed by atoms with van der Waals surface area (Å²) in [6, 6.07) is 79.7. The summed E-state index contributed by atoms with van der Waals surface area (Å²) in [5, 5.41) is 7.79. The zero-order valence-electron chi connectivity index (χ0n) is 33.5. The average Bonchev–Trinajstić information content (AvgIpc) is 3.97. The Morgan fingerprint density at radius 2 is 0.968 bits per heavy atom. The maximum atomic E-state index is 2.50. The number of thiophene rings is 1. The average molecular weight is 822 g/mol. The van der Waals surface area contributed by atoms with Gasteiger partial charge in [-0.15, -0.1) is 11.3 Å². The second-order valence-electron chi connectivity index (χ2n) is 16.8. The molecule has 14 rings (SSSR count). The molecule has 10 aromatic carbocycles. The van der Waals surface area contributed by atoms with E-state index in [4.69, 9.17) is 0 Å². The molecule has 0 unspecified atom stereocenters.